The summed E-state index contributed by atoms with van der Waals surface area (Å²) in [5.41, 5.74) is -1.61. The summed E-state index contributed by atoms with van der Waals surface area (Å²) in [4.78, 5) is 29.1. The van der Waals surface area contributed by atoms with Gasteiger partial charge in [-0.25, -0.2) is 0 Å². The molecule has 1 unspecified atom stereocenters. The molecule has 0 aromatic heterocycles. The molecule has 10 fully saturated rings. The molecule has 0 amide bonds. The summed E-state index contributed by atoms with van der Waals surface area (Å²) < 4.78 is 89.9. The molecule has 3 saturated carbocycles. The van der Waals surface area contributed by atoms with Crippen LogP contribution in [-0.2, 0) is 80.6 Å². The van der Waals surface area contributed by atoms with Crippen molar-refractivity contribution in [3.63, 3.8) is 0 Å². The number of Topliss-reactive ketones (excluding diaryl/α,β-unsaturated/α-hetero) is 1. The molecule has 0 aromatic rings. The minimum Gasteiger partial charge on any atom is -0.458 e. The Bertz CT molecular complexity index is 2830. The van der Waals surface area contributed by atoms with Crippen LogP contribution < -0.4 is 0 Å². The van der Waals surface area contributed by atoms with E-state index in [9.17, 15) is 86.2 Å². The van der Waals surface area contributed by atoms with E-state index in [-0.39, 0.29) is 30.0 Å². The third kappa shape index (κ3) is 13.4. The largest absolute Gasteiger partial charge is 0.458 e. The molecule has 0 aromatic carbocycles. The average molecular weight is 1420 g/mol. The van der Waals surface area contributed by atoms with Crippen LogP contribution in [0.15, 0.2) is 23.8 Å². The van der Waals surface area contributed by atoms with Crippen LogP contribution in [0.1, 0.15) is 106 Å². The fourth-order valence-corrected chi connectivity index (χ4v) is 19.0. The molecule has 37 atom stereocenters. The summed E-state index contributed by atoms with van der Waals surface area (Å²) in [5.74, 6) is -1.03. The molecular weight excluding hydrogens is 1320 g/mol. The molecule has 566 valence electrons. The Morgan fingerprint density at radius 2 is 1.05 bits per heavy atom. The molecule has 11 rings (SSSR count). The van der Waals surface area contributed by atoms with E-state index in [1.165, 1.54) is 26.7 Å². The number of aliphatic hydroxyl groups excluding tert-OH is 15. The molecule has 0 radical (unpaired) electrons. The highest BCUT2D eigenvalue weighted by molar-refractivity contribution is 5.99. The normalized spacial score (nSPS) is 52.1. The number of ether oxygens (including phenoxy) is 15. The second kappa shape index (κ2) is 30.0. The zero-order chi connectivity index (χ0) is 72.1. The number of allylic oxidation sites excluding steroid dienone is 3. The molecule has 7 saturated heterocycles. The molecule has 15 N–H and O–H groups in total. The van der Waals surface area contributed by atoms with Crippen LogP contribution in [0, 0.1) is 39.4 Å². The first-order valence-corrected chi connectivity index (χ1v) is 34.7. The number of aliphatic hydroxyl groups is 15. The monoisotopic (exact) mass is 1420 g/mol. The highest BCUT2D eigenvalue weighted by Gasteiger charge is 2.79. The van der Waals surface area contributed by atoms with Gasteiger partial charge in [-0.05, 0) is 100 Å². The molecule has 7 heterocycles. The van der Waals surface area contributed by atoms with Crippen molar-refractivity contribution in [2.24, 2.45) is 39.4 Å². The van der Waals surface area contributed by atoms with Gasteiger partial charge in [-0.3, -0.25) is 9.59 Å². The van der Waals surface area contributed by atoms with Crippen LogP contribution in [0.4, 0.5) is 0 Å². The number of methoxy groups -OCH3 is 2. The average Bonchev–Trinajstić information content (AvgIpc) is 1.51. The first-order chi connectivity index (χ1) is 46.7. The first kappa shape index (κ1) is 77.6. The number of cyclic esters (lactones) is 1. The van der Waals surface area contributed by atoms with Gasteiger partial charge in [0.2, 0.25) is 0 Å². The van der Waals surface area contributed by atoms with Crippen LogP contribution in [0.2, 0.25) is 0 Å². The Morgan fingerprint density at radius 1 is 0.556 bits per heavy atom. The molecule has 32 heteroatoms. The van der Waals surface area contributed by atoms with Crippen molar-refractivity contribution in [1.82, 2.24) is 0 Å². The molecule has 7 aliphatic heterocycles. The third-order valence-corrected chi connectivity index (χ3v) is 24.4. The van der Waals surface area contributed by atoms with E-state index in [0.29, 0.717) is 38.5 Å². The molecule has 0 bridgehead atoms. The Morgan fingerprint density at radius 3 is 1.61 bits per heavy atom. The lowest BCUT2D eigenvalue weighted by molar-refractivity contribution is -0.397. The summed E-state index contributed by atoms with van der Waals surface area (Å²) in [6, 6.07) is 0. The van der Waals surface area contributed by atoms with E-state index >= 15 is 0 Å². The minimum atomic E-state index is -2.08. The highest BCUT2D eigenvalue weighted by Crippen LogP contribution is 2.75. The predicted octanol–water partition coefficient (Wildman–Crippen LogP) is -3.91. The summed E-state index contributed by atoms with van der Waals surface area (Å²) in [7, 11) is 2.37. The molecule has 4 aliphatic carbocycles. The maximum Gasteiger partial charge on any atom is 0.314 e. The number of hydrogen-bond acceptors (Lipinski definition) is 32. The second-order valence-corrected chi connectivity index (χ2v) is 30.6. The number of fused-ring (bicyclic) bond motifs is 4. The Labute approximate surface area is 573 Å². The Kier molecular flexibility index (Phi) is 23.5. The molecule has 99 heavy (non-hydrogen) atoms. The number of carbonyl (C=O) groups excluding carboxylic acids is 2. The number of hydrogen-bond donors (Lipinski definition) is 15. The van der Waals surface area contributed by atoms with Gasteiger partial charge in [0.25, 0.3) is 0 Å². The van der Waals surface area contributed by atoms with E-state index in [4.69, 9.17) is 71.1 Å². The van der Waals surface area contributed by atoms with Gasteiger partial charge in [-0.2, -0.15) is 0 Å². The summed E-state index contributed by atoms with van der Waals surface area (Å²) in [6.07, 6.45) is -42.4. The quantitative estimate of drug-likeness (QED) is 0.0280. The lowest BCUT2D eigenvalue weighted by atomic mass is 9.41. The van der Waals surface area contributed by atoms with Gasteiger partial charge in [0.15, 0.2) is 37.7 Å². The van der Waals surface area contributed by atoms with Crippen LogP contribution in [0.3, 0.4) is 0 Å². The van der Waals surface area contributed by atoms with E-state index in [1.807, 2.05) is 13.8 Å². The standard InChI is InChI=1S/C67H106O32/c1-26(2)12-11-17-66(8)55-30(72)20-65(7)29-13-14-36-63(4,5)37(16-18-64(36,6)28(29)15-19-67(55,65)62(84)99-66)94-61-54(41(76)35(25-87-61)93-57-45(80)43(78)50(34(24-71)92-57)96-58-46(81)51(85-9)38(73)31(21-68)89-58)98-56-44(79)42(77)49(27(3)88-56)95-60-48(83)53(40(75)33(23-70)91-60)97-59-47(82)52(86-10)39(74)32(22-69)90-59/h15,27,29,31-61,68-71,73-83H,1,11-14,16-25H2,2-10H3/t27-,29-,31-,32-,33-,34-,35-,36+,37+,38-,39-,40-,41+,42-,43-,44-,45-,46-,47-,48-,49-,50-,51+,52+,53+,54-,55-,56+,57+,58+,59+,60+,61+,64-,65+,66+,67?/m1/s1. The van der Waals surface area contributed by atoms with Gasteiger partial charge >= 0.3 is 5.97 Å². The molecule has 1 spiro atoms. The van der Waals surface area contributed by atoms with Gasteiger partial charge in [0, 0.05) is 20.6 Å². The third-order valence-electron chi connectivity index (χ3n) is 24.4. The lowest BCUT2D eigenvalue weighted by Gasteiger charge is -2.63. The molecule has 32 nitrogen and oxygen atoms in total. The SMILES string of the molecule is C=C(C)CCC[C@]1(C)OC(=O)C23CC=C4[C@@H](CC[C@H]5C(C)(C)[C@@H](O[C@@H]6OC[C@@H](O[C@@H]7O[C@H](CO)[C@@H](O[C@@H]8O[C@H](CO)[C@@H](O)[C@H](OC)[C@H]8O)[C@H](O)[C@H]7O)[C@H](O)[C@H]6O[C@@H]6O[C@H](C)[C@@H](O[C@@H]7O[C@H](CO)[C@@H](O)[C@H](O[C@@H]8O[C@H](CO)[C@@H](O)[C@H](OC)[C@H]8O)[C@H]7O)[C@H](O)[C@H]6O)CC[C@]45C)[C@]2(C)CC(=O)[C@@H]31. The second-order valence-electron chi connectivity index (χ2n) is 30.6. The van der Waals surface area contributed by atoms with Crippen LogP contribution in [-0.4, -0.2) is 325 Å². The first-order valence-electron chi connectivity index (χ1n) is 34.7. The minimum absolute atomic E-state index is 0.0504. The van der Waals surface area contributed by atoms with Crippen LogP contribution in [0.25, 0.3) is 0 Å². The van der Waals surface area contributed by atoms with Crippen molar-refractivity contribution in [2.45, 2.75) is 296 Å². The maximum absolute atomic E-state index is 14.6. The Hall–Kier alpha value is -2.54. The van der Waals surface area contributed by atoms with E-state index in [0.717, 1.165) is 18.4 Å². The summed E-state index contributed by atoms with van der Waals surface area (Å²) in [6.45, 7) is 14.1. The number of rotatable bonds is 22. The van der Waals surface area contributed by atoms with Gasteiger partial charge in [0.05, 0.1) is 56.6 Å². The van der Waals surface area contributed by atoms with Crippen molar-refractivity contribution in [1.29, 1.82) is 0 Å². The number of esters is 1. The topological polar surface area (TPSA) is 476 Å². The van der Waals surface area contributed by atoms with E-state index in [2.05, 4.69) is 40.3 Å². The van der Waals surface area contributed by atoms with Crippen LogP contribution >= 0.6 is 0 Å². The predicted molar refractivity (Wildman–Crippen MR) is 331 cm³/mol. The number of ketones is 1. The molecule has 11 aliphatic rings. The van der Waals surface area contributed by atoms with E-state index in [1.54, 1.807) is 0 Å². The summed E-state index contributed by atoms with van der Waals surface area (Å²) >= 11 is 0. The van der Waals surface area contributed by atoms with Gasteiger partial charge < -0.3 is 148 Å². The molecular formula is C67H106O32. The van der Waals surface area contributed by atoms with Crippen molar-refractivity contribution >= 4 is 11.8 Å². The van der Waals surface area contributed by atoms with Crippen molar-refractivity contribution in [2.75, 3.05) is 47.3 Å². The zero-order valence-corrected chi connectivity index (χ0v) is 57.4. The van der Waals surface area contributed by atoms with Gasteiger partial charge in [-0.15, -0.1) is 6.58 Å². The zero-order valence-electron chi connectivity index (χ0n) is 57.4. The van der Waals surface area contributed by atoms with Gasteiger partial charge in [-0.1, -0.05) is 44.9 Å². The van der Waals surface area contributed by atoms with Crippen molar-refractivity contribution in [3.8, 4) is 0 Å². The fourth-order valence-electron chi connectivity index (χ4n) is 19.0. The maximum atomic E-state index is 14.6. The van der Waals surface area contributed by atoms with Crippen molar-refractivity contribution in [3.05, 3.63) is 23.8 Å². The summed E-state index contributed by atoms with van der Waals surface area (Å²) in [5, 5.41) is 167. The van der Waals surface area contributed by atoms with Gasteiger partial charge in [0.1, 0.15) is 146 Å². The number of carbonyl (C=O) groups is 2. The van der Waals surface area contributed by atoms with E-state index < -0.39 is 250 Å². The van der Waals surface area contributed by atoms with Crippen molar-refractivity contribution < 1.29 is 157 Å². The highest BCUT2D eigenvalue weighted by atomic mass is 16.8. The fraction of sp³-hybridized carbons (Fsp3) is 0.910. The van der Waals surface area contributed by atoms with Crippen LogP contribution in [0.5, 0.6) is 0 Å². The Balaban J connectivity index is 0.826. The lowest BCUT2D eigenvalue weighted by Crippen LogP contribution is -2.67. The smallest absolute Gasteiger partial charge is 0.314 e.